The van der Waals surface area contributed by atoms with E-state index in [4.69, 9.17) is 0 Å². The molecule has 0 bridgehead atoms. The van der Waals surface area contributed by atoms with Gasteiger partial charge in [0.25, 0.3) is 11.8 Å². The number of aromatic nitrogens is 3. The molecule has 0 aliphatic carbocycles. The van der Waals surface area contributed by atoms with Crippen molar-refractivity contribution in [3.05, 3.63) is 133 Å². The predicted molar refractivity (Wildman–Crippen MR) is 232 cm³/mol. The maximum atomic E-state index is 12.9. The van der Waals surface area contributed by atoms with Crippen molar-refractivity contribution < 1.29 is 19.2 Å². The zero-order chi connectivity index (χ0) is 39.4. The number of fused-ring (bicyclic) bond motifs is 2. The molecule has 1 saturated heterocycles. The second-order valence-corrected chi connectivity index (χ2v) is 17.7. The number of nitrogens with zero attached hydrogens (tertiary/aromatic N) is 2. The second kappa shape index (κ2) is 13.4. The van der Waals surface area contributed by atoms with Crippen LogP contribution in [0.3, 0.4) is 0 Å². The van der Waals surface area contributed by atoms with Gasteiger partial charge in [0.2, 0.25) is 11.8 Å². The molecule has 5 aliphatic rings. The van der Waals surface area contributed by atoms with Crippen LogP contribution in [0.15, 0.2) is 94.3 Å². The molecular formula is C46H36Br2N6O4. The molecule has 0 spiro atoms. The molecule has 7 aromatic rings. The fourth-order valence-electron chi connectivity index (χ4n) is 10.1. The lowest BCUT2D eigenvalue weighted by Crippen LogP contribution is -2.26. The van der Waals surface area contributed by atoms with Gasteiger partial charge in [-0.15, -0.1) is 0 Å². The molecule has 4 N–H and O–H groups in total. The molecule has 12 heteroatoms. The van der Waals surface area contributed by atoms with Crippen molar-refractivity contribution in [1.29, 1.82) is 0 Å². The summed E-state index contributed by atoms with van der Waals surface area (Å²) in [7, 11) is 0. The number of aromatic amines is 2. The third-order valence-corrected chi connectivity index (χ3v) is 13.6. The van der Waals surface area contributed by atoms with Gasteiger partial charge in [-0.2, -0.15) is 0 Å². The van der Waals surface area contributed by atoms with Crippen molar-refractivity contribution in [1.82, 2.24) is 25.2 Å². The Morgan fingerprint density at radius 1 is 0.621 bits per heavy atom. The molecule has 2 atom stereocenters. The fourth-order valence-corrected chi connectivity index (χ4v) is 10.8. The molecule has 0 radical (unpaired) electrons. The van der Waals surface area contributed by atoms with Crippen LogP contribution in [-0.4, -0.2) is 51.3 Å². The van der Waals surface area contributed by atoms with E-state index < -0.39 is 11.8 Å². The van der Waals surface area contributed by atoms with E-state index in [9.17, 15) is 19.2 Å². The average Bonchev–Trinajstić information content (AvgIpc) is 4.07. The highest BCUT2D eigenvalue weighted by Crippen LogP contribution is 2.44. The number of imide groups is 2. The average molecular weight is 897 g/mol. The number of benzene rings is 4. The highest BCUT2D eigenvalue weighted by molar-refractivity contribution is 9.10. The minimum absolute atomic E-state index is 0.217. The van der Waals surface area contributed by atoms with E-state index in [0.29, 0.717) is 11.1 Å². The second-order valence-electron chi connectivity index (χ2n) is 15.9. The van der Waals surface area contributed by atoms with Crippen LogP contribution in [0.25, 0.3) is 43.9 Å². The van der Waals surface area contributed by atoms with Crippen LogP contribution in [0.5, 0.6) is 0 Å². The lowest BCUT2D eigenvalue weighted by Gasteiger charge is -2.27. The predicted octanol–water partition coefficient (Wildman–Crippen LogP) is 8.16. The summed E-state index contributed by atoms with van der Waals surface area (Å²) in [5.74, 6) is -2.15. The zero-order valence-corrected chi connectivity index (χ0v) is 34.3. The summed E-state index contributed by atoms with van der Waals surface area (Å²) in [5.41, 5.74) is 12.7. The topological polar surface area (TPSA) is 132 Å². The van der Waals surface area contributed by atoms with Crippen molar-refractivity contribution >= 4 is 105 Å². The standard InChI is InChI=1S/2C23H18BrN3O2/c2*24-15-3-4-18-16(10-15)17(11-25-18)20-19(22(28)26-23(20)29)14-8-12-2-1-6-27-7-5-13(9-14)21(12)27/h3-4,8-11,25H,1-2,5-7H2,(H,26,28,29);3-5,7-11,19-20,25H,1-2,6H2,(H,26,28,29)/t;19-,20-/m.0/s1. The van der Waals surface area contributed by atoms with E-state index in [1.165, 1.54) is 27.9 Å². The summed E-state index contributed by atoms with van der Waals surface area (Å²) in [6.45, 7) is 3.18. The minimum Gasteiger partial charge on any atom is -0.371 e. The monoisotopic (exact) mass is 894 g/mol. The lowest BCUT2D eigenvalue weighted by molar-refractivity contribution is -0.126. The van der Waals surface area contributed by atoms with Crippen molar-refractivity contribution in [2.24, 2.45) is 0 Å². The first-order valence-corrected chi connectivity index (χ1v) is 21.3. The van der Waals surface area contributed by atoms with Crippen LogP contribution in [-0.2, 0) is 45.0 Å². The first kappa shape index (κ1) is 35.4. The van der Waals surface area contributed by atoms with E-state index in [-0.39, 0.29) is 23.6 Å². The van der Waals surface area contributed by atoms with E-state index in [2.05, 4.69) is 98.5 Å². The van der Waals surface area contributed by atoms with Gasteiger partial charge in [-0.05, 0) is 126 Å². The Hall–Kier alpha value is -5.72. The summed E-state index contributed by atoms with van der Waals surface area (Å²) < 4.78 is 4.16. The van der Waals surface area contributed by atoms with E-state index >= 15 is 0 Å². The van der Waals surface area contributed by atoms with Crippen LogP contribution < -0.4 is 15.5 Å². The van der Waals surface area contributed by atoms with Crippen molar-refractivity contribution in [3.8, 4) is 0 Å². The maximum absolute atomic E-state index is 12.9. The number of hydrogen-bond acceptors (Lipinski definition) is 5. The van der Waals surface area contributed by atoms with Gasteiger partial charge in [0.1, 0.15) is 0 Å². The molecule has 12 rings (SSSR count). The number of carbonyl (C=O) groups excluding carboxylic acids is 4. The minimum atomic E-state index is -0.541. The molecule has 0 unspecified atom stereocenters. The van der Waals surface area contributed by atoms with Gasteiger partial charge < -0.3 is 19.4 Å². The summed E-state index contributed by atoms with van der Waals surface area (Å²) in [5, 5.41) is 8.13. The first-order valence-electron chi connectivity index (χ1n) is 19.7. The van der Waals surface area contributed by atoms with Gasteiger partial charge in [0.15, 0.2) is 0 Å². The maximum Gasteiger partial charge on any atom is 0.259 e. The lowest BCUT2D eigenvalue weighted by atomic mass is 9.81. The number of halogens is 2. The highest BCUT2D eigenvalue weighted by atomic mass is 79.9. The number of anilines is 1. The van der Waals surface area contributed by atoms with Gasteiger partial charge in [0, 0.05) is 85.6 Å². The Bertz CT molecular complexity index is 3010. The van der Waals surface area contributed by atoms with Crippen LogP contribution in [0, 0.1) is 0 Å². The molecule has 5 aliphatic heterocycles. The van der Waals surface area contributed by atoms with Crippen molar-refractivity contribution in [2.75, 3.05) is 18.0 Å². The summed E-state index contributed by atoms with van der Waals surface area (Å²) >= 11 is 7.03. The molecule has 0 saturated carbocycles. The van der Waals surface area contributed by atoms with Gasteiger partial charge in [0.05, 0.1) is 28.5 Å². The van der Waals surface area contributed by atoms with Crippen LogP contribution in [0.2, 0.25) is 0 Å². The van der Waals surface area contributed by atoms with Crippen molar-refractivity contribution in [2.45, 2.75) is 50.5 Å². The SMILES string of the molecule is O=C1NC(=O)C(c2c[nH]c3ccc(Br)cc23)=C1c1cc2c3c(c1)CCN3CCC2.O=C1NC(=O)[C@@H](c2c[nH]c3ccc(Br)cc23)[C@@H]1c1cc2c3c(ccn3CCC2)c1. The van der Waals surface area contributed by atoms with Crippen LogP contribution in [0.4, 0.5) is 5.69 Å². The number of nitrogens with one attached hydrogen (secondary N) is 4. The van der Waals surface area contributed by atoms with E-state index in [1.807, 2.05) is 48.8 Å². The third kappa shape index (κ3) is 5.55. The number of hydrogen-bond donors (Lipinski definition) is 4. The highest BCUT2D eigenvalue weighted by Gasteiger charge is 2.45. The number of amides is 4. The molecular weight excluding hydrogens is 860 g/mol. The molecule has 10 nitrogen and oxygen atoms in total. The van der Waals surface area contributed by atoms with Crippen molar-refractivity contribution in [3.63, 3.8) is 0 Å². The summed E-state index contributed by atoms with van der Waals surface area (Å²) in [6, 6.07) is 22.4. The Morgan fingerprint density at radius 2 is 1.31 bits per heavy atom. The van der Waals surface area contributed by atoms with E-state index in [1.54, 1.807) is 0 Å². The molecule has 3 aromatic heterocycles. The number of carbonyl (C=O) groups is 4. The largest absolute Gasteiger partial charge is 0.371 e. The zero-order valence-electron chi connectivity index (χ0n) is 31.2. The Morgan fingerprint density at radius 3 is 2.14 bits per heavy atom. The smallest absolute Gasteiger partial charge is 0.259 e. The molecule has 4 amide bonds. The first-order chi connectivity index (χ1) is 28.2. The van der Waals surface area contributed by atoms with Gasteiger partial charge >= 0.3 is 0 Å². The summed E-state index contributed by atoms with van der Waals surface area (Å²) in [6.07, 6.45) is 11.0. The van der Waals surface area contributed by atoms with Gasteiger partial charge in [-0.1, -0.05) is 37.9 Å². The van der Waals surface area contributed by atoms with Gasteiger partial charge in [-0.25, -0.2) is 0 Å². The van der Waals surface area contributed by atoms with Crippen LogP contribution >= 0.6 is 31.9 Å². The van der Waals surface area contributed by atoms with Crippen LogP contribution in [0.1, 0.15) is 63.6 Å². The fraction of sp³-hybridized carbons (Fsp3) is 0.217. The van der Waals surface area contributed by atoms with Gasteiger partial charge in [-0.3, -0.25) is 29.8 Å². The molecule has 8 heterocycles. The quantitative estimate of drug-likeness (QED) is 0.133. The number of H-pyrrole nitrogens is 2. The number of rotatable bonds is 4. The summed E-state index contributed by atoms with van der Waals surface area (Å²) in [4.78, 5) is 60.4. The normalized spacial score (nSPS) is 19.7. The molecule has 4 aromatic carbocycles. The van der Waals surface area contributed by atoms with E-state index in [0.717, 1.165) is 110 Å². The number of aryl methyl sites for hydroxylation is 3. The third-order valence-electron chi connectivity index (χ3n) is 12.6. The molecule has 58 heavy (non-hydrogen) atoms. The molecule has 288 valence electrons. The Balaban J connectivity index is 0.000000133. The molecule has 1 fully saturated rings. The Labute approximate surface area is 349 Å². The Kier molecular flexibility index (Phi) is 8.20.